The number of hydrogen-bond acceptors (Lipinski definition) is 8. The molecule has 0 amide bonds. The van der Waals surface area contributed by atoms with Crippen molar-refractivity contribution in [2.75, 3.05) is 12.9 Å². The first-order valence-electron chi connectivity index (χ1n) is 13.7. The summed E-state index contributed by atoms with van der Waals surface area (Å²) in [7, 11) is 5.17. The SMILES string of the molecule is CC[C@H]1CCC(=O)CC(=O)/C=C/c2cc(OC)c(O)cc2CC2=CNC(N)C(=C2)[C@H](Cc2ccccc2)SSC1. The van der Waals surface area contributed by atoms with E-state index in [1.807, 2.05) is 33.9 Å². The van der Waals surface area contributed by atoms with Crippen molar-refractivity contribution in [1.29, 1.82) is 0 Å². The van der Waals surface area contributed by atoms with Crippen molar-refractivity contribution in [2.24, 2.45) is 11.7 Å². The Kier molecular flexibility index (Phi) is 11.0. The highest BCUT2D eigenvalue weighted by molar-refractivity contribution is 8.77. The number of phenols is 1. The number of allylic oxidation sites excluding steroid dienone is 3. The third-order valence-corrected chi connectivity index (χ3v) is 10.3. The summed E-state index contributed by atoms with van der Waals surface area (Å²) < 4.78 is 5.32. The van der Waals surface area contributed by atoms with Crippen molar-refractivity contribution in [3.8, 4) is 11.5 Å². The van der Waals surface area contributed by atoms with Crippen LogP contribution < -0.4 is 15.8 Å². The van der Waals surface area contributed by atoms with E-state index in [1.54, 1.807) is 18.2 Å². The number of hydrogen-bond donors (Lipinski definition) is 3. The molecule has 0 saturated carbocycles. The molecule has 0 spiro atoms. The van der Waals surface area contributed by atoms with Crippen LogP contribution in [0.4, 0.5) is 0 Å². The van der Waals surface area contributed by atoms with Crippen LogP contribution in [0.2, 0.25) is 0 Å². The normalized spacial score (nSPS) is 23.5. The largest absolute Gasteiger partial charge is 0.504 e. The molecule has 0 radical (unpaired) electrons. The molecule has 0 saturated heterocycles. The lowest BCUT2D eigenvalue weighted by Crippen LogP contribution is -2.41. The topological polar surface area (TPSA) is 102 Å². The summed E-state index contributed by atoms with van der Waals surface area (Å²) in [6.07, 6.45) is 10.4. The van der Waals surface area contributed by atoms with Crippen LogP contribution in [0.1, 0.15) is 49.3 Å². The molecular weight excluding hydrogens is 540 g/mol. The molecule has 6 nitrogen and oxygen atoms in total. The quantitative estimate of drug-likeness (QED) is 0.300. The summed E-state index contributed by atoms with van der Waals surface area (Å²) in [4.78, 5) is 25.2. The predicted molar refractivity (Wildman–Crippen MR) is 166 cm³/mol. The Morgan fingerprint density at radius 3 is 2.67 bits per heavy atom. The summed E-state index contributed by atoms with van der Waals surface area (Å²) in [5, 5.41) is 14.0. The van der Waals surface area contributed by atoms with Gasteiger partial charge in [-0.3, -0.25) is 9.59 Å². The first-order chi connectivity index (χ1) is 19.4. The van der Waals surface area contributed by atoms with Gasteiger partial charge in [-0.05, 0) is 71.2 Å². The molecule has 2 aliphatic heterocycles. The van der Waals surface area contributed by atoms with Gasteiger partial charge in [0.1, 0.15) is 5.78 Å². The number of phenolic OH excluding ortho intramolecular Hbond substituents is 1. The van der Waals surface area contributed by atoms with E-state index in [9.17, 15) is 14.7 Å². The van der Waals surface area contributed by atoms with Crippen molar-refractivity contribution >= 4 is 39.2 Å². The lowest BCUT2D eigenvalue weighted by Gasteiger charge is -2.29. The smallest absolute Gasteiger partial charge is 0.163 e. The molecule has 3 atom stereocenters. The van der Waals surface area contributed by atoms with E-state index >= 15 is 0 Å². The number of Topliss-reactive ketones (excluding diaryl/α,β-unsaturated/α-hetero) is 1. The molecule has 2 heterocycles. The highest BCUT2D eigenvalue weighted by Crippen LogP contribution is 2.38. The number of ether oxygens (including phenoxy) is 1. The molecule has 40 heavy (non-hydrogen) atoms. The second-order valence-electron chi connectivity index (χ2n) is 10.3. The van der Waals surface area contributed by atoms with Crippen molar-refractivity contribution < 1.29 is 19.4 Å². The maximum absolute atomic E-state index is 12.6. The number of rotatable bonds is 4. The van der Waals surface area contributed by atoms with E-state index in [0.717, 1.165) is 47.3 Å². The van der Waals surface area contributed by atoms with Gasteiger partial charge in [-0.1, -0.05) is 77.4 Å². The van der Waals surface area contributed by atoms with Gasteiger partial charge in [0.05, 0.1) is 19.7 Å². The lowest BCUT2D eigenvalue weighted by atomic mass is 9.93. The number of dihydropyridines is 1. The fourth-order valence-electron chi connectivity index (χ4n) is 4.90. The predicted octanol–water partition coefficient (Wildman–Crippen LogP) is 6.00. The van der Waals surface area contributed by atoms with Crippen LogP contribution >= 0.6 is 21.6 Å². The molecule has 1 unspecified atom stereocenters. The Labute approximate surface area is 244 Å². The Morgan fingerprint density at radius 1 is 1.12 bits per heavy atom. The molecule has 0 aromatic heterocycles. The third-order valence-electron chi connectivity index (χ3n) is 7.35. The summed E-state index contributed by atoms with van der Waals surface area (Å²) in [6, 6.07) is 13.8. The number of carbonyl (C=O) groups excluding carboxylic acids is 2. The molecule has 2 aliphatic rings. The summed E-state index contributed by atoms with van der Waals surface area (Å²) in [5.74, 6) is 1.43. The van der Waals surface area contributed by atoms with E-state index in [4.69, 9.17) is 10.5 Å². The first kappa shape index (κ1) is 30.0. The van der Waals surface area contributed by atoms with Crippen LogP contribution in [0.25, 0.3) is 6.08 Å². The molecule has 4 N–H and O–H groups in total. The maximum atomic E-state index is 12.6. The van der Waals surface area contributed by atoms with Gasteiger partial charge in [0, 0.05) is 23.6 Å². The van der Waals surface area contributed by atoms with Crippen LogP contribution in [0, 0.1) is 5.92 Å². The standard InChI is InChI=1S/C32H38N2O4S2/c1-3-21-9-11-26(35)18-27(36)12-10-24-17-30(38-2)29(37)16-25(24)13-23-14-28(32(33)34-19-23)31(40-39-20-21)15-22-7-5-4-6-8-22/h4-8,10,12,14,16-17,19,21,31-32,34,37H,3,9,11,13,15,18,20,33H2,1-2H3/b12-10+/t21-,31-,32?/m0/s1. The highest BCUT2D eigenvalue weighted by atomic mass is 33.1. The molecule has 4 rings (SSSR count). The third kappa shape index (κ3) is 8.29. The van der Waals surface area contributed by atoms with E-state index in [1.165, 1.54) is 18.7 Å². The molecule has 2 aromatic carbocycles. The van der Waals surface area contributed by atoms with Crippen molar-refractivity contribution in [3.63, 3.8) is 0 Å². The van der Waals surface area contributed by atoms with Crippen molar-refractivity contribution in [2.45, 2.75) is 56.9 Å². The fourth-order valence-corrected chi connectivity index (χ4v) is 8.17. The average molecular weight is 579 g/mol. The summed E-state index contributed by atoms with van der Waals surface area (Å²) >= 11 is 0. The molecular formula is C32H38N2O4S2. The van der Waals surface area contributed by atoms with E-state index in [0.29, 0.717) is 24.5 Å². The molecule has 0 aliphatic carbocycles. The van der Waals surface area contributed by atoms with E-state index < -0.39 is 0 Å². The minimum absolute atomic E-state index is 0.0285. The van der Waals surface area contributed by atoms with E-state index in [-0.39, 0.29) is 35.2 Å². The highest BCUT2D eigenvalue weighted by Gasteiger charge is 2.25. The van der Waals surface area contributed by atoms with Gasteiger partial charge in [-0.25, -0.2) is 0 Å². The Hall–Kier alpha value is -2.94. The van der Waals surface area contributed by atoms with Crippen LogP contribution in [0.5, 0.6) is 11.5 Å². The zero-order valence-corrected chi connectivity index (χ0v) is 24.7. The molecule has 0 fully saturated rings. The van der Waals surface area contributed by atoms with Gasteiger partial charge in [0.25, 0.3) is 0 Å². The van der Waals surface area contributed by atoms with Gasteiger partial charge in [-0.2, -0.15) is 0 Å². The fraction of sp³-hybridized carbons (Fsp3) is 0.375. The minimum atomic E-state index is -0.308. The summed E-state index contributed by atoms with van der Waals surface area (Å²) in [5.41, 5.74) is 11.6. The average Bonchev–Trinajstić information content (AvgIpc) is 2.95. The van der Waals surface area contributed by atoms with Gasteiger partial charge in [-0.15, -0.1) is 0 Å². The number of nitrogens with two attached hydrogens (primary N) is 1. The summed E-state index contributed by atoms with van der Waals surface area (Å²) in [6.45, 7) is 2.16. The minimum Gasteiger partial charge on any atom is -0.504 e. The second kappa shape index (κ2) is 14.6. The lowest BCUT2D eigenvalue weighted by molar-refractivity contribution is -0.124. The molecule has 8 heteroatoms. The Bertz CT molecular complexity index is 1290. The zero-order chi connectivity index (χ0) is 28.5. The van der Waals surface area contributed by atoms with Crippen molar-refractivity contribution in [1.82, 2.24) is 5.32 Å². The van der Waals surface area contributed by atoms with Gasteiger partial charge in [0.2, 0.25) is 0 Å². The number of benzene rings is 2. The first-order valence-corrected chi connectivity index (χ1v) is 16.1. The number of carbonyl (C=O) groups is 2. The monoisotopic (exact) mass is 578 g/mol. The number of aromatic hydroxyl groups is 1. The molecule has 212 valence electrons. The number of methoxy groups -OCH3 is 1. The number of ketones is 2. The second-order valence-corrected chi connectivity index (χ2v) is 12.9. The molecule has 2 aromatic rings. The van der Waals surface area contributed by atoms with E-state index in [2.05, 4.69) is 42.6 Å². The maximum Gasteiger partial charge on any atom is 0.163 e. The van der Waals surface area contributed by atoms with Crippen molar-refractivity contribution in [3.05, 3.63) is 88.7 Å². The number of fused-ring (bicyclic) bond motifs is 2. The van der Waals surface area contributed by atoms with Crippen LogP contribution in [0.3, 0.4) is 0 Å². The zero-order valence-electron chi connectivity index (χ0n) is 23.1. The number of nitrogens with one attached hydrogen (secondary N) is 1. The van der Waals surface area contributed by atoms with Gasteiger partial charge in [0.15, 0.2) is 17.3 Å². The van der Waals surface area contributed by atoms with Crippen LogP contribution in [-0.4, -0.2) is 41.0 Å². The molecule has 2 bridgehead atoms. The Morgan fingerprint density at radius 2 is 1.93 bits per heavy atom. The van der Waals surface area contributed by atoms with Gasteiger partial charge >= 0.3 is 0 Å². The van der Waals surface area contributed by atoms with Crippen LogP contribution in [-0.2, 0) is 22.4 Å². The Balaban J connectivity index is 1.71. The van der Waals surface area contributed by atoms with Gasteiger partial charge < -0.3 is 20.9 Å². The van der Waals surface area contributed by atoms with Crippen LogP contribution in [0.15, 0.2) is 72.0 Å².